The molecule has 1 aromatic heterocycles. The second-order valence-corrected chi connectivity index (χ2v) is 5.77. The highest BCUT2D eigenvalue weighted by Crippen LogP contribution is 2.41. The van der Waals surface area contributed by atoms with E-state index in [-0.39, 0.29) is 0 Å². The number of fused-ring (bicyclic) bond motifs is 1. The van der Waals surface area contributed by atoms with Gasteiger partial charge in [-0.25, -0.2) is 9.53 Å². The van der Waals surface area contributed by atoms with Crippen molar-refractivity contribution in [2.45, 2.75) is 44.2 Å². The lowest BCUT2D eigenvalue weighted by atomic mass is 10.1. The van der Waals surface area contributed by atoms with Gasteiger partial charge in [0.15, 0.2) is 24.3 Å². The maximum Gasteiger partial charge on any atom is 0.330 e. The number of hydroxylamine groups is 1. The molecular weight excluding hydrogens is 294 g/mol. The molecule has 120 valence electrons. The van der Waals surface area contributed by atoms with E-state index in [2.05, 4.69) is 4.98 Å². The quantitative estimate of drug-likeness (QED) is 0.330. The number of ether oxygens (including phenoxy) is 3. The molecule has 3 rings (SSSR count). The number of rotatable bonds is 2. The summed E-state index contributed by atoms with van der Waals surface area (Å²) in [7, 11) is 1.33. The van der Waals surface area contributed by atoms with Gasteiger partial charge in [-0.05, 0) is 13.8 Å². The highest BCUT2D eigenvalue weighted by Gasteiger charge is 2.56. The second-order valence-electron chi connectivity index (χ2n) is 5.77. The summed E-state index contributed by atoms with van der Waals surface area (Å²) >= 11 is 0. The Labute approximate surface area is 125 Å². The fourth-order valence-electron chi connectivity index (χ4n) is 2.79. The summed E-state index contributed by atoms with van der Waals surface area (Å²) in [6.07, 6.45) is 0.116. The zero-order valence-electron chi connectivity index (χ0n) is 12.4. The van der Waals surface area contributed by atoms with E-state index >= 15 is 0 Å². The first kappa shape index (κ1) is 14.9. The number of aromatic nitrogens is 2. The van der Waals surface area contributed by atoms with Gasteiger partial charge in [0.25, 0.3) is 5.56 Å². The number of hydrogen-bond acceptors (Lipinski definition) is 6. The molecule has 0 aromatic carbocycles. The first-order chi connectivity index (χ1) is 10.3. The summed E-state index contributed by atoms with van der Waals surface area (Å²) < 4.78 is 19.1. The molecule has 1 N–H and O–H groups in total. The van der Waals surface area contributed by atoms with Crippen LogP contribution in [0.3, 0.4) is 0 Å². The Bertz CT molecular complexity index is 717. The monoisotopic (exact) mass is 311 g/mol. The lowest BCUT2D eigenvalue weighted by Crippen LogP contribution is -2.37. The Morgan fingerprint density at radius 1 is 1.36 bits per heavy atom. The summed E-state index contributed by atoms with van der Waals surface area (Å²) in [5, 5.41) is 11.3. The molecular formula is C13H17N3O6. The van der Waals surface area contributed by atoms with Crippen LogP contribution in [0, 0.1) is 5.21 Å². The van der Waals surface area contributed by atoms with Crippen molar-refractivity contribution in [3.63, 3.8) is 0 Å². The van der Waals surface area contributed by atoms with Crippen LogP contribution < -0.4 is 11.2 Å². The van der Waals surface area contributed by atoms with E-state index in [1.54, 1.807) is 13.8 Å². The molecule has 2 saturated heterocycles. The van der Waals surface area contributed by atoms with E-state index in [9.17, 15) is 14.8 Å². The standard InChI is InChI=1S/C13H17N3O6/c1-13(2)21-9-7(6-15(3)19)20-11(10(9)22-13)16-5-4-8(17)14-12(16)18/h4-7,9-11H,1-3H3,(H,14,17,18)/b15-6-. The van der Waals surface area contributed by atoms with Crippen molar-refractivity contribution in [2.75, 3.05) is 7.05 Å². The van der Waals surface area contributed by atoms with Crippen LogP contribution in [0.25, 0.3) is 0 Å². The Balaban J connectivity index is 2.00. The first-order valence-corrected chi connectivity index (χ1v) is 6.84. The van der Waals surface area contributed by atoms with Crippen LogP contribution in [0.5, 0.6) is 0 Å². The van der Waals surface area contributed by atoms with Crippen molar-refractivity contribution in [1.29, 1.82) is 0 Å². The molecule has 22 heavy (non-hydrogen) atoms. The molecule has 0 amide bonds. The van der Waals surface area contributed by atoms with Crippen molar-refractivity contribution in [1.82, 2.24) is 9.55 Å². The first-order valence-electron chi connectivity index (χ1n) is 6.84. The van der Waals surface area contributed by atoms with Crippen LogP contribution in [-0.2, 0) is 14.2 Å². The van der Waals surface area contributed by atoms with Crippen LogP contribution in [0.2, 0.25) is 0 Å². The highest BCUT2D eigenvalue weighted by atomic mass is 16.8. The zero-order valence-corrected chi connectivity index (χ0v) is 12.4. The van der Waals surface area contributed by atoms with Crippen LogP contribution >= 0.6 is 0 Å². The summed E-state index contributed by atoms with van der Waals surface area (Å²) in [5.41, 5.74) is -1.11. The lowest BCUT2D eigenvalue weighted by Gasteiger charge is -2.23. The highest BCUT2D eigenvalue weighted by molar-refractivity contribution is 5.60. The predicted octanol–water partition coefficient (Wildman–Crippen LogP) is -0.835. The van der Waals surface area contributed by atoms with E-state index in [4.69, 9.17) is 14.2 Å². The van der Waals surface area contributed by atoms with E-state index in [1.807, 2.05) is 0 Å². The van der Waals surface area contributed by atoms with Gasteiger partial charge in [-0.1, -0.05) is 0 Å². The summed E-state index contributed by atoms with van der Waals surface area (Å²) in [4.78, 5) is 25.3. The Hall–Kier alpha value is -1.97. The second kappa shape index (κ2) is 5.04. The van der Waals surface area contributed by atoms with Crippen LogP contribution in [0.15, 0.2) is 21.9 Å². The molecule has 0 bridgehead atoms. The van der Waals surface area contributed by atoms with Gasteiger partial charge in [0, 0.05) is 12.3 Å². The summed E-state index contributed by atoms with van der Waals surface area (Å²) in [5.74, 6) is -0.850. The third-order valence-corrected chi connectivity index (χ3v) is 3.55. The fraction of sp³-hybridized carbons (Fsp3) is 0.615. The molecule has 0 spiro atoms. The van der Waals surface area contributed by atoms with Gasteiger partial charge in [-0.3, -0.25) is 14.3 Å². The fourth-order valence-corrected chi connectivity index (χ4v) is 2.79. The van der Waals surface area contributed by atoms with Gasteiger partial charge in [0.2, 0.25) is 0 Å². The van der Waals surface area contributed by atoms with Gasteiger partial charge < -0.3 is 19.4 Å². The Morgan fingerprint density at radius 2 is 2.05 bits per heavy atom. The van der Waals surface area contributed by atoms with Gasteiger partial charge in [-0.15, -0.1) is 0 Å². The number of H-pyrrole nitrogens is 1. The molecule has 2 aliphatic rings. The molecule has 3 heterocycles. The molecule has 2 fully saturated rings. The van der Waals surface area contributed by atoms with E-state index < -0.39 is 41.6 Å². The third kappa shape index (κ3) is 2.58. The van der Waals surface area contributed by atoms with Crippen molar-refractivity contribution >= 4 is 6.21 Å². The van der Waals surface area contributed by atoms with Crippen molar-refractivity contribution in [3.05, 3.63) is 38.3 Å². The molecule has 0 radical (unpaired) electrons. The number of aromatic amines is 1. The topological polar surface area (TPSA) is 109 Å². The number of nitrogens with one attached hydrogen (secondary N) is 1. The minimum Gasteiger partial charge on any atom is -0.624 e. The number of nitrogens with zero attached hydrogens (tertiary/aromatic N) is 2. The van der Waals surface area contributed by atoms with Crippen LogP contribution in [0.4, 0.5) is 0 Å². The average Bonchev–Trinajstić information content (AvgIpc) is 2.84. The van der Waals surface area contributed by atoms with Gasteiger partial charge in [-0.2, -0.15) is 0 Å². The van der Waals surface area contributed by atoms with E-state index in [0.29, 0.717) is 4.74 Å². The minimum atomic E-state index is -0.850. The van der Waals surface area contributed by atoms with Gasteiger partial charge in [0.1, 0.15) is 19.3 Å². The lowest BCUT2D eigenvalue weighted by molar-refractivity contribution is -0.421. The zero-order chi connectivity index (χ0) is 16.1. The number of hydrogen-bond donors (Lipinski definition) is 1. The van der Waals surface area contributed by atoms with Crippen LogP contribution in [0.1, 0.15) is 20.1 Å². The van der Waals surface area contributed by atoms with Crippen LogP contribution in [-0.4, -0.2) is 51.7 Å². The molecule has 4 atom stereocenters. The van der Waals surface area contributed by atoms with E-state index in [0.717, 1.165) is 0 Å². The van der Waals surface area contributed by atoms with Crippen molar-refractivity contribution in [2.24, 2.45) is 0 Å². The minimum absolute atomic E-state index is 0.498. The molecule has 9 nitrogen and oxygen atoms in total. The predicted molar refractivity (Wildman–Crippen MR) is 74.7 cm³/mol. The molecule has 2 aliphatic heterocycles. The van der Waals surface area contributed by atoms with Crippen molar-refractivity contribution < 1.29 is 18.9 Å². The normalized spacial score (nSPS) is 33.9. The Kier molecular flexibility index (Phi) is 3.42. The van der Waals surface area contributed by atoms with E-state index in [1.165, 1.54) is 30.1 Å². The SMILES string of the molecule is C/[N+]([O-])=C/C1OC(n2ccc(=O)[nH]c2=O)C2OC(C)(C)OC12. The maximum atomic E-state index is 12.0. The molecule has 4 unspecified atom stereocenters. The summed E-state index contributed by atoms with van der Waals surface area (Å²) in [6.45, 7) is 3.49. The maximum absolute atomic E-state index is 12.0. The Morgan fingerprint density at radius 3 is 2.68 bits per heavy atom. The smallest absolute Gasteiger partial charge is 0.330 e. The van der Waals surface area contributed by atoms with Gasteiger partial charge in [0.05, 0.1) is 0 Å². The molecule has 0 aliphatic carbocycles. The molecule has 9 heteroatoms. The largest absolute Gasteiger partial charge is 0.624 e. The molecule has 1 aromatic rings. The molecule has 0 saturated carbocycles. The van der Waals surface area contributed by atoms with Crippen molar-refractivity contribution in [3.8, 4) is 0 Å². The third-order valence-electron chi connectivity index (χ3n) is 3.55. The van der Waals surface area contributed by atoms with Gasteiger partial charge >= 0.3 is 5.69 Å². The average molecular weight is 311 g/mol. The summed E-state index contributed by atoms with van der Waals surface area (Å²) in [6, 6.07) is 1.22.